The molecule has 0 saturated heterocycles. The molecule has 2 N–H and O–H groups in total. The van der Waals surface area contributed by atoms with E-state index in [1.165, 1.54) is 0 Å². The number of sulfonamides is 1. The van der Waals surface area contributed by atoms with Crippen LogP contribution in [0.1, 0.15) is 38.1 Å². The summed E-state index contributed by atoms with van der Waals surface area (Å²) in [6, 6.07) is 0. The van der Waals surface area contributed by atoms with Crippen molar-refractivity contribution in [3.63, 3.8) is 0 Å². The van der Waals surface area contributed by atoms with Crippen LogP contribution >= 0.6 is 0 Å². The molecule has 0 unspecified atom stereocenters. The highest BCUT2D eigenvalue weighted by Gasteiger charge is 2.24. The Bertz CT molecular complexity index is 550. The van der Waals surface area contributed by atoms with Gasteiger partial charge >= 0.3 is 0 Å². The maximum atomic E-state index is 12.4. The van der Waals surface area contributed by atoms with Gasteiger partial charge in [-0.3, -0.25) is 4.68 Å². The molecule has 6 nitrogen and oxygen atoms in total. The van der Waals surface area contributed by atoms with Gasteiger partial charge in [0.2, 0.25) is 10.0 Å². The molecule has 0 radical (unpaired) electrons. The van der Waals surface area contributed by atoms with Crippen LogP contribution < -0.4 is 10.0 Å². The van der Waals surface area contributed by atoms with E-state index in [1.54, 1.807) is 11.6 Å². The molecule has 0 aliphatic heterocycles. The molecule has 1 heterocycles. The number of nitrogens with zero attached hydrogens (tertiary/aromatic N) is 2. The number of aryl methyl sites for hydroxylation is 2. The van der Waals surface area contributed by atoms with E-state index < -0.39 is 10.0 Å². The summed E-state index contributed by atoms with van der Waals surface area (Å²) >= 11 is 0. The lowest BCUT2D eigenvalue weighted by molar-refractivity contribution is 0.543. The molecule has 0 atom stereocenters. The van der Waals surface area contributed by atoms with Crippen LogP contribution in [0.2, 0.25) is 0 Å². The van der Waals surface area contributed by atoms with Gasteiger partial charge in [0.15, 0.2) is 0 Å². The lowest BCUT2D eigenvalue weighted by Gasteiger charge is -2.09. The first-order valence-corrected chi connectivity index (χ1v) is 8.96. The van der Waals surface area contributed by atoms with Gasteiger partial charge in [0.25, 0.3) is 0 Å². The molecule has 0 aliphatic rings. The highest BCUT2D eigenvalue weighted by atomic mass is 32.2. The Kier molecular flexibility index (Phi) is 6.83. The van der Waals surface area contributed by atoms with Gasteiger partial charge in [0.05, 0.1) is 11.4 Å². The van der Waals surface area contributed by atoms with Crippen LogP contribution in [0.5, 0.6) is 0 Å². The molecule has 0 aromatic carbocycles. The number of hydrogen-bond donors (Lipinski definition) is 2. The van der Waals surface area contributed by atoms with Crippen LogP contribution in [0.15, 0.2) is 4.90 Å². The van der Waals surface area contributed by atoms with Crippen LogP contribution in [-0.2, 0) is 16.6 Å². The highest BCUT2D eigenvalue weighted by Crippen LogP contribution is 2.19. The Labute approximate surface area is 128 Å². The molecule has 1 aromatic heterocycles. The second-order valence-electron chi connectivity index (χ2n) is 5.76. The molecule has 7 heteroatoms. The predicted octanol–water partition coefficient (Wildman–Crippen LogP) is 1.43. The summed E-state index contributed by atoms with van der Waals surface area (Å²) in [5.41, 5.74) is 1.27. The first-order valence-electron chi connectivity index (χ1n) is 7.48. The zero-order valence-electron chi connectivity index (χ0n) is 13.7. The molecule has 1 aromatic rings. The third kappa shape index (κ3) is 5.09. The minimum atomic E-state index is -3.48. The minimum Gasteiger partial charge on any atom is -0.320 e. The summed E-state index contributed by atoms with van der Waals surface area (Å²) in [6.07, 6.45) is 1.74. The Morgan fingerprint density at radius 2 is 1.90 bits per heavy atom. The van der Waals surface area contributed by atoms with Crippen LogP contribution in [0.4, 0.5) is 0 Å². The first kappa shape index (κ1) is 18.1. The normalized spacial score (nSPS) is 12.3. The zero-order chi connectivity index (χ0) is 16.0. The van der Waals surface area contributed by atoms with E-state index in [-0.39, 0.29) is 0 Å². The van der Waals surface area contributed by atoms with Crippen molar-refractivity contribution in [1.82, 2.24) is 19.8 Å². The summed E-state index contributed by atoms with van der Waals surface area (Å²) in [5, 5.41) is 7.44. The average Bonchev–Trinajstić information content (AvgIpc) is 2.64. The van der Waals surface area contributed by atoms with Crippen molar-refractivity contribution in [2.24, 2.45) is 5.92 Å². The third-order valence-electron chi connectivity index (χ3n) is 3.39. The first-order chi connectivity index (χ1) is 9.79. The van der Waals surface area contributed by atoms with Gasteiger partial charge in [-0.05, 0) is 46.2 Å². The summed E-state index contributed by atoms with van der Waals surface area (Å²) in [7, 11) is -1.58. The summed E-state index contributed by atoms with van der Waals surface area (Å²) in [5.74, 6) is 0.471. The SMILES string of the molecule is CNCCCn1nc(C)c(S(=O)(=O)NCCC(C)C)c1C. The smallest absolute Gasteiger partial charge is 0.244 e. The van der Waals surface area contributed by atoms with Gasteiger partial charge in [0.1, 0.15) is 4.90 Å². The summed E-state index contributed by atoms with van der Waals surface area (Å²) < 4.78 is 29.3. The fourth-order valence-corrected chi connectivity index (χ4v) is 3.70. The van der Waals surface area contributed by atoms with Crippen molar-refractivity contribution in [3.8, 4) is 0 Å². The molecule has 122 valence electrons. The van der Waals surface area contributed by atoms with Gasteiger partial charge in [-0.1, -0.05) is 13.8 Å². The Hall–Kier alpha value is -0.920. The molecular weight excluding hydrogens is 288 g/mol. The maximum absolute atomic E-state index is 12.4. The van der Waals surface area contributed by atoms with Crippen molar-refractivity contribution in [3.05, 3.63) is 11.4 Å². The van der Waals surface area contributed by atoms with Gasteiger partial charge in [-0.25, -0.2) is 13.1 Å². The Morgan fingerprint density at radius 1 is 1.24 bits per heavy atom. The fourth-order valence-electron chi connectivity index (χ4n) is 2.25. The molecule has 0 fully saturated rings. The van der Waals surface area contributed by atoms with Crippen molar-refractivity contribution in [1.29, 1.82) is 0 Å². The van der Waals surface area contributed by atoms with Crippen molar-refractivity contribution < 1.29 is 8.42 Å². The number of nitrogens with one attached hydrogen (secondary N) is 2. The van der Waals surface area contributed by atoms with E-state index in [9.17, 15) is 8.42 Å². The molecule has 0 aliphatic carbocycles. The quantitative estimate of drug-likeness (QED) is 0.676. The van der Waals surface area contributed by atoms with Gasteiger partial charge in [0, 0.05) is 13.1 Å². The summed E-state index contributed by atoms with van der Waals surface area (Å²) in [6.45, 7) is 9.77. The lowest BCUT2D eigenvalue weighted by Crippen LogP contribution is -2.26. The van der Waals surface area contributed by atoms with E-state index in [2.05, 4.69) is 29.0 Å². The number of hydrogen-bond acceptors (Lipinski definition) is 4. The zero-order valence-corrected chi connectivity index (χ0v) is 14.5. The van der Waals surface area contributed by atoms with Crippen molar-refractivity contribution in [2.75, 3.05) is 20.1 Å². The minimum absolute atomic E-state index is 0.329. The van der Waals surface area contributed by atoms with E-state index >= 15 is 0 Å². The Morgan fingerprint density at radius 3 is 2.48 bits per heavy atom. The number of rotatable bonds is 9. The van der Waals surface area contributed by atoms with E-state index in [1.807, 2.05) is 14.0 Å². The second-order valence-corrected chi connectivity index (χ2v) is 7.46. The monoisotopic (exact) mass is 316 g/mol. The average molecular weight is 316 g/mol. The fraction of sp³-hybridized carbons (Fsp3) is 0.786. The van der Waals surface area contributed by atoms with Crippen LogP contribution in [-0.4, -0.2) is 38.3 Å². The van der Waals surface area contributed by atoms with Crippen LogP contribution in [0.25, 0.3) is 0 Å². The maximum Gasteiger partial charge on any atom is 0.244 e. The number of aromatic nitrogens is 2. The standard InChI is InChI=1S/C14H28N4O2S/c1-11(2)7-9-16-21(19,20)14-12(3)17-18(13(14)4)10-6-8-15-5/h11,15-16H,6-10H2,1-5H3. The highest BCUT2D eigenvalue weighted by molar-refractivity contribution is 7.89. The van der Waals surface area contributed by atoms with Gasteiger partial charge in [-0.15, -0.1) is 0 Å². The molecule has 0 amide bonds. The third-order valence-corrected chi connectivity index (χ3v) is 5.11. The molecule has 0 spiro atoms. The predicted molar refractivity (Wildman–Crippen MR) is 84.9 cm³/mol. The molecule has 0 bridgehead atoms. The van der Waals surface area contributed by atoms with E-state index in [0.29, 0.717) is 28.7 Å². The van der Waals surface area contributed by atoms with Crippen molar-refractivity contribution in [2.45, 2.75) is 52.0 Å². The summed E-state index contributed by atoms with van der Waals surface area (Å²) in [4.78, 5) is 0.329. The van der Waals surface area contributed by atoms with E-state index in [4.69, 9.17) is 0 Å². The van der Waals surface area contributed by atoms with E-state index in [0.717, 1.165) is 25.9 Å². The molecule has 0 saturated carbocycles. The van der Waals surface area contributed by atoms with Gasteiger partial charge in [-0.2, -0.15) is 5.10 Å². The second kappa shape index (κ2) is 7.91. The topological polar surface area (TPSA) is 76.0 Å². The van der Waals surface area contributed by atoms with Crippen LogP contribution in [0.3, 0.4) is 0 Å². The largest absolute Gasteiger partial charge is 0.320 e. The Balaban J connectivity index is 2.86. The van der Waals surface area contributed by atoms with Gasteiger partial charge < -0.3 is 5.32 Å². The lowest BCUT2D eigenvalue weighted by atomic mass is 10.1. The van der Waals surface area contributed by atoms with Crippen LogP contribution in [0, 0.1) is 19.8 Å². The molecule has 1 rings (SSSR count). The molecule has 21 heavy (non-hydrogen) atoms. The molecular formula is C14H28N4O2S. The van der Waals surface area contributed by atoms with Crippen molar-refractivity contribution >= 4 is 10.0 Å².